The van der Waals surface area contributed by atoms with E-state index < -0.39 is 24.1 Å². The second-order valence-corrected chi connectivity index (χ2v) is 4.07. The molecule has 0 amide bonds. The highest BCUT2D eigenvalue weighted by Crippen LogP contribution is 2.07. The molecule has 0 aromatic carbocycles. The Labute approximate surface area is 93.7 Å². The van der Waals surface area contributed by atoms with Crippen molar-refractivity contribution < 1.29 is 29.2 Å². The van der Waals surface area contributed by atoms with Gasteiger partial charge in [-0.15, -0.1) is 0 Å². The molecule has 0 aliphatic carbocycles. The van der Waals surface area contributed by atoms with Crippen molar-refractivity contribution in [3.8, 4) is 0 Å². The zero-order chi connectivity index (χ0) is 12.8. The molecule has 6 heteroatoms. The van der Waals surface area contributed by atoms with Gasteiger partial charge in [-0.3, -0.25) is 0 Å². The average Bonchev–Trinajstić information content (AvgIpc) is 2.11. The van der Waals surface area contributed by atoms with Crippen molar-refractivity contribution in [2.24, 2.45) is 0 Å². The molecule has 6 nitrogen and oxygen atoms in total. The fourth-order valence-electron chi connectivity index (χ4n) is 0.736. The molecule has 0 saturated carbocycles. The number of rotatable bonds is 4. The molecule has 0 atom stereocenters. The molecule has 0 radical (unpaired) electrons. The van der Waals surface area contributed by atoms with E-state index in [4.69, 9.17) is 9.99 Å². The van der Waals surface area contributed by atoms with Gasteiger partial charge in [0.25, 0.3) is 0 Å². The first-order valence-electron chi connectivity index (χ1n) is 4.62. The van der Waals surface area contributed by atoms with Crippen LogP contribution in [0.4, 0.5) is 0 Å². The van der Waals surface area contributed by atoms with E-state index in [1.54, 1.807) is 20.8 Å². The summed E-state index contributed by atoms with van der Waals surface area (Å²) in [6.07, 6.45) is 0.803. The Morgan fingerprint density at radius 1 is 1.31 bits per heavy atom. The monoisotopic (exact) mass is 232 g/mol. The zero-order valence-corrected chi connectivity index (χ0v) is 9.77. The lowest BCUT2D eigenvalue weighted by Gasteiger charge is -2.19. The first-order valence-corrected chi connectivity index (χ1v) is 4.62. The molecule has 16 heavy (non-hydrogen) atoms. The predicted octanol–water partition coefficient (Wildman–Crippen LogP) is 1.26. The Morgan fingerprint density at radius 3 is 2.31 bits per heavy atom. The highest BCUT2D eigenvalue weighted by Gasteiger charge is 2.18. The van der Waals surface area contributed by atoms with Gasteiger partial charge in [0.2, 0.25) is 0 Å². The fraction of sp³-hybridized carbons (Fsp3) is 0.600. The van der Waals surface area contributed by atoms with E-state index in [-0.39, 0.29) is 5.57 Å². The Morgan fingerprint density at radius 2 is 1.88 bits per heavy atom. The largest absolute Gasteiger partial charge is 0.457 e. The summed E-state index contributed by atoms with van der Waals surface area (Å²) in [4.78, 5) is 25.9. The van der Waals surface area contributed by atoms with Crippen LogP contribution < -0.4 is 0 Å². The summed E-state index contributed by atoms with van der Waals surface area (Å²) < 4.78 is 9.50. The van der Waals surface area contributed by atoms with Gasteiger partial charge in [-0.25, -0.2) is 14.8 Å². The summed E-state index contributed by atoms with van der Waals surface area (Å²) in [5.41, 5.74) is -0.589. The molecule has 0 rings (SSSR count). The lowest BCUT2D eigenvalue weighted by molar-refractivity contribution is -0.188. The molecule has 0 saturated heterocycles. The average molecular weight is 232 g/mol. The molecule has 0 spiro atoms. The molecule has 0 aromatic rings. The van der Waals surface area contributed by atoms with Crippen LogP contribution >= 0.6 is 0 Å². The third-order valence-electron chi connectivity index (χ3n) is 1.29. The number of hydrogen-bond acceptors (Lipinski definition) is 6. The molecule has 0 fully saturated rings. The van der Waals surface area contributed by atoms with Crippen molar-refractivity contribution >= 4 is 11.9 Å². The lowest BCUT2D eigenvalue weighted by Crippen LogP contribution is -2.27. The summed E-state index contributed by atoms with van der Waals surface area (Å²) in [7, 11) is 0. The minimum atomic E-state index is -0.764. The molecule has 0 aliphatic rings. The zero-order valence-electron chi connectivity index (χ0n) is 9.77. The van der Waals surface area contributed by atoms with Crippen LogP contribution in [0.15, 0.2) is 11.8 Å². The van der Waals surface area contributed by atoms with Crippen LogP contribution in [0, 0.1) is 0 Å². The number of carbonyl (C=O) groups is 2. The van der Waals surface area contributed by atoms with Gasteiger partial charge in [0.15, 0.2) is 6.61 Å². The summed E-state index contributed by atoms with van der Waals surface area (Å²) >= 11 is 0. The van der Waals surface area contributed by atoms with Gasteiger partial charge in [-0.1, -0.05) is 0 Å². The van der Waals surface area contributed by atoms with Crippen LogP contribution in [-0.4, -0.2) is 29.4 Å². The number of hydrogen-bond donors (Lipinski definition) is 1. The number of ether oxygens (including phenoxy) is 2. The Hall–Kier alpha value is -1.56. The molecule has 0 bridgehead atoms. The fourth-order valence-corrected chi connectivity index (χ4v) is 0.736. The van der Waals surface area contributed by atoms with E-state index in [9.17, 15) is 9.59 Å². The first kappa shape index (κ1) is 14.4. The van der Waals surface area contributed by atoms with E-state index >= 15 is 0 Å². The van der Waals surface area contributed by atoms with Crippen LogP contribution in [0.2, 0.25) is 0 Å². The SMILES string of the molecule is CC(=COO)C(=O)OCC(=O)OC(C)(C)C. The maximum atomic E-state index is 11.1. The standard InChI is InChI=1S/C10H16O6/c1-7(5-15-13)9(12)14-6-8(11)16-10(2,3)4/h5,13H,6H2,1-4H3. The van der Waals surface area contributed by atoms with Gasteiger partial charge in [-0.2, -0.15) is 0 Å². The van der Waals surface area contributed by atoms with Crippen LogP contribution in [0.5, 0.6) is 0 Å². The highest BCUT2D eigenvalue weighted by atomic mass is 17.1. The van der Waals surface area contributed by atoms with Crippen molar-refractivity contribution in [3.05, 3.63) is 11.8 Å². The summed E-state index contributed by atoms with van der Waals surface area (Å²) in [5.74, 6) is -1.40. The van der Waals surface area contributed by atoms with E-state index in [1.165, 1.54) is 6.92 Å². The van der Waals surface area contributed by atoms with E-state index in [0.717, 1.165) is 6.26 Å². The van der Waals surface area contributed by atoms with Gasteiger partial charge >= 0.3 is 11.9 Å². The van der Waals surface area contributed by atoms with Gasteiger partial charge < -0.3 is 14.4 Å². The summed E-state index contributed by atoms with van der Waals surface area (Å²) in [6.45, 7) is 6.01. The number of carbonyl (C=O) groups excluding carboxylic acids is 2. The first-order chi connectivity index (χ1) is 7.26. The minimum Gasteiger partial charge on any atom is -0.457 e. The molecule has 0 aliphatic heterocycles. The van der Waals surface area contributed by atoms with Gasteiger partial charge in [-0.05, 0) is 27.7 Å². The van der Waals surface area contributed by atoms with Crippen molar-refractivity contribution in [2.45, 2.75) is 33.3 Å². The van der Waals surface area contributed by atoms with Crippen molar-refractivity contribution in [1.82, 2.24) is 0 Å². The third-order valence-corrected chi connectivity index (χ3v) is 1.29. The molecule has 0 unspecified atom stereocenters. The second kappa shape index (κ2) is 6.12. The molecule has 92 valence electrons. The smallest absolute Gasteiger partial charge is 0.344 e. The second-order valence-electron chi connectivity index (χ2n) is 4.07. The summed E-state index contributed by atoms with van der Waals surface area (Å²) in [5, 5.41) is 8.04. The quantitative estimate of drug-likeness (QED) is 0.258. The summed E-state index contributed by atoms with van der Waals surface area (Å²) in [6, 6.07) is 0. The Kier molecular flexibility index (Phi) is 5.52. The van der Waals surface area contributed by atoms with Crippen molar-refractivity contribution in [3.63, 3.8) is 0 Å². The molecule has 0 aromatic heterocycles. The van der Waals surface area contributed by atoms with E-state index in [1.807, 2.05) is 0 Å². The van der Waals surface area contributed by atoms with Crippen molar-refractivity contribution in [2.75, 3.05) is 6.61 Å². The van der Waals surface area contributed by atoms with Crippen LogP contribution in [0.1, 0.15) is 27.7 Å². The maximum absolute atomic E-state index is 11.1. The maximum Gasteiger partial charge on any atom is 0.344 e. The van der Waals surface area contributed by atoms with E-state index in [2.05, 4.69) is 9.62 Å². The molecule has 0 heterocycles. The predicted molar refractivity (Wildman–Crippen MR) is 54.3 cm³/mol. The molecular weight excluding hydrogens is 216 g/mol. The van der Waals surface area contributed by atoms with Crippen LogP contribution in [-0.2, 0) is 24.0 Å². The Bertz CT molecular complexity index is 286. The normalized spacial score (nSPS) is 11.9. The minimum absolute atomic E-state index is 0.0334. The molecular formula is C10H16O6. The molecule has 1 N–H and O–H groups in total. The van der Waals surface area contributed by atoms with Crippen molar-refractivity contribution in [1.29, 1.82) is 0 Å². The highest BCUT2D eigenvalue weighted by molar-refractivity contribution is 5.89. The number of esters is 2. The van der Waals surface area contributed by atoms with Crippen LogP contribution in [0.3, 0.4) is 0 Å². The third kappa shape index (κ3) is 6.83. The van der Waals surface area contributed by atoms with Gasteiger partial charge in [0.05, 0.1) is 5.57 Å². The topological polar surface area (TPSA) is 82.1 Å². The lowest BCUT2D eigenvalue weighted by atomic mass is 10.2. The van der Waals surface area contributed by atoms with Gasteiger partial charge in [0, 0.05) is 0 Å². The Balaban J connectivity index is 4.03. The van der Waals surface area contributed by atoms with Crippen LogP contribution in [0.25, 0.3) is 0 Å². The van der Waals surface area contributed by atoms with E-state index in [0.29, 0.717) is 0 Å². The van der Waals surface area contributed by atoms with Gasteiger partial charge in [0.1, 0.15) is 11.9 Å².